The summed E-state index contributed by atoms with van der Waals surface area (Å²) < 4.78 is 0. The molecule has 0 aliphatic heterocycles. The summed E-state index contributed by atoms with van der Waals surface area (Å²) >= 11 is 0. The van der Waals surface area contributed by atoms with E-state index in [-0.39, 0.29) is 24.0 Å². The second-order valence-corrected chi connectivity index (χ2v) is 5.30. The second-order valence-electron chi connectivity index (χ2n) is 5.30. The Morgan fingerprint density at radius 2 is 1.85 bits per heavy atom. The van der Waals surface area contributed by atoms with Gasteiger partial charge in [-0.1, -0.05) is 32.0 Å². The average Bonchev–Trinajstić information content (AvgIpc) is 2.42. The number of para-hydroxylation sites is 1. The van der Waals surface area contributed by atoms with Crippen molar-refractivity contribution in [1.82, 2.24) is 5.32 Å². The number of hydrogen-bond donors (Lipinski definition) is 2. The van der Waals surface area contributed by atoms with Crippen molar-refractivity contribution in [3.05, 3.63) is 30.3 Å². The maximum atomic E-state index is 5.83. The average molecular weight is 390 g/mol. The molecule has 20 heavy (non-hydrogen) atoms. The third-order valence-corrected chi connectivity index (χ3v) is 3.03. The molecule has 0 bridgehead atoms. The van der Waals surface area contributed by atoms with Crippen molar-refractivity contribution in [3.8, 4) is 0 Å². The topological polar surface area (TPSA) is 53.6 Å². The first-order valence-electron chi connectivity index (χ1n) is 6.82. The molecule has 3 N–H and O–H groups in total. The van der Waals surface area contributed by atoms with Crippen LogP contribution >= 0.6 is 24.0 Å². The van der Waals surface area contributed by atoms with Gasteiger partial charge in [-0.25, -0.2) is 0 Å². The minimum Gasteiger partial charge on any atom is -0.370 e. The first-order chi connectivity index (χ1) is 9.00. The van der Waals surface area contributed by atoms with Crippen LogP contribution < -0.4 is 16.0 Å². The van der Waals surface area contributed by atoms with Crippen LogP contribution in [0.15, 0.2) is 35.3 Å². The molecule has 5 heteroatoms. The van der Waals surface area contributed by atoms with Gasteiger partial charge in [-0.3, -0.25) is 4.99 Å². The SMILES string of the molecule is CC(C)CN=C(N)NCC(C)N(C)c1ccccc1.I. The predicted molar refractivity (Wildman–Crippen MR) is 99.1 cm³/mol. The Morgan fingerprint density at radius 3 is 2.40 bits per heavy atom. The molecule has 0 fully saturated rings. The summed E-state index contributed by atoms with van der Waals surface area (Å²) in [5.74, 6) is 1.06. The van der Waals surface area contributed by atoms with Crippen LogP contribution in [0.4, 0.5) is 5.69 Å². The molecule has 1 atom stereocenters. The number of likely N-dealkylation sites (N-methyl/N-ethyl adjacent to an activating group) is 1. The first kappa shape index (κ1) is 19.0. The third-order valence-electron chi connectivity index (χ3n) is 3.03. The van der Waals surface area contributed by atoms with Crippen molar-refractivity contribution in [3.63, 3.8) is 0 Å². The standard InChI is InChI=1S/C15H26N4.HI/c1-12(2)10-17-15(16)18-11-13(3)19(4)14-8-6-5-7-9-14;/h5-9,12-13H,10-11H2,1-4H3,(H3,16,17,18);1H. The molecule has 4 nitrogen and oxygen atoms in total. The van der Waals surface area contributed by atoms with Crippen molar-refractivity contribution in [1.29, 1.82) is 0 Å². The summed E-state index contributed by atoms with van der Waals surface area (Å²) in [4.78, 5) is 6.52. The van der Waals surface area contributed by atoms with Gasteiger partial charge < -0.3 is 16.0 Å². The van der Waals surface area contributed by atoms with Crippen LogP contribution in [0, 0.1) is 5.92 Å². The molecule has 1 aromatic carbocycles. The molecule has 0 saturated carbocycles. The van der Waals surface area contributed by atoms with Gasteiger partial charge in [-0.2, -0.15) is 0 Å². The molecular formula is C15H27IN4. The molecule has 1 unspecified atom stereocenters. The number of nitrogens with two attached hydrogens (primary N) is 1. The van der Waals surface area contributed by atoms with Crippen LogP contribution in [0.2, 0.25) is 0 Å². The Hall–Kier alpha value is -0.980. The van der Waals surface area contributed by atoms with E-state index in [1.54, 1.807) is 0 Å². The number of halogens is 1. The number of benzene rings is 1. The summed E-state index contributed by atoms with van der Waals surface area (Å²) in [6, 6.07) is 10.7. The van der Waals surface area contributed by atoms with Crippen molar-refractivity contribution in [2.45, 2.75) is 26.8 Å². The molecule has 0 aliphatic rings. The Morgan fingerprint density at radius 1 is 1.25 bits per heavy atom. The van der Waals surface area contributed by atoms with E-state index >= 15 is 0 Å². The first-order valence-corrected chi connectivity index (χ1v) is 6.82. The lowest BCUT2D eigenvalue weighted by atomic mass is 10.2. The third kappa shape index (κ3) is 6.98. The second kappa shape index (κ2) is 9.85. The maximum Gasteiger partial charge on any atom is 0.188 e. The Labute approximate surface area is 139 Å². The highest BCUT2D eigenvalue weighted by molar-refractivity contribution is 14.0. The van der Waals surface area contributed by atoms with Gasteiger partial charge in [0.15, 0.2) is 5.96 Å². The van der Waals surface area contributed by atoms with Gasteiger partial charge in [-0.05, 0) is 25.0 Å². The van der Waals surface area contributed by atoms with Crippen molar-refractivity contribution in [2.75, 3.05) is 25.0 Å². The monoisotopic (exact) mass is 390 g/mol. The highest BCUT2D eigenvalue weighted by atomic mass is 127. The molecule has 0 saturated heterocycles. The molecule has 1 aromatic rings. The van der Waals surface area contributed by atoms with E-state index in [0.29, 0.717) is 17.9 Å². The number of anilines is 1. The number of hydrogen-bond acceptors (Lipinski definition) is 2. The molecule has 0 amide bonds. The van der Waals surface area contributed by atoms with Crippen molar-refractivity contribution in [2.24, 2.45) is 16.6 Å². The zero-order valence-corrected chi connectivity index (χ0v) is 15.2. The molecule has 0 aromatic heterocycles. The highest BCUT2D eigenvalue weighted by Gasteiger charge is 2.09. The van der Waals surface area contributed by atoms with E-state index in [2.05, 4.69) is 55.2 Å². The summed E-state index contributed by atoms with van der Waals surface area (Å²) in [6.45, 7) is 7.96. The molecular weight excluding hydrogens is 363 g/mol. The Bertz CT molecular complexity index is 392. The fourth-order valence-electron chi connectivity index (χ4n) is 1.64. The van der Waals surface area contributed by atoms with Crippen LogP contribution in [0.1, 0.15) is 20.8 Å². The van der Waals surface area contributed by atoms with E-state index < -0.39 is 0 Å². The Balaban J connectivity index is 0.00000361. The van der Waals surface area contributed by atoms with E-state index in [0.717, 1.165) is 13.1 Å². The van der Waals surface area contributed by atoms with Crippen molar-refractivity contribution >= 4 is 35.6 Å². The number of aliphatic imine (C=N–C) groups is 1. The van der Waals surface area contributed by atoms with Gasteiger partial charge in [0.05, 0.1) is 0 Å². The van der Waals surface area contributed by atoms with Gasteiger partial charge in [0.2, 0.25) is 0 Å². The molecule has 114 valence electrons. The zero-order chi connectivity index (χ0) is 14.3. The lowest BCUT2D eigenvalue weighted by molar-refractivity contribution is 0.642. The van der Waals surface area contributed by atoms with Crippen LogP contribution in [0.3, 0.4) is 0 Å². The van der Waals surface area contributed by atoms with Crippen LogP contribution in [-0.4, -0.2) is 32.1 Å². The zero-order valence-electron chi connectivity index (χ0n) is 12.8. The van der Waals surface area contributed by atoms with E-state index in [1.165, 1.54) is 5.69 Å². The summed E-state index contributed by atoms with van der Waals surface area (Å²) in [7, 11) is 2.09. The molecule has 0 aliphatic carbocycles. The van der Waals surface area contributed by atoms with E-state index in [1.807, 2.05) is 18.2 Å². The number of nitrogens with one attached hydrogen (secondary N) is 1. The Kier molecular flexibility index (Phi) is 9.37. The normalized spacial score (nSPS) is 12.8. The van der Waals surface area contributed by atoms with Gasteiger partial charge >= 0.3 is 0 Å². The molecule has 0 radical (unpaired) electrons. The fraction of sp³-hybridized carbons (Fsp3) is 0.533. The van der Waals surface area contributed by atoms with Crippen LogP contribution in [0.5, 0.6) is 0 Å². The van der Waals surface area contributed by atoms with Gasteiger partial charge in [0.25, 0.3) is 0 Å². The summed E-state index contributed by atoms with van der Waals surface area (Å²) in [5.41, 5.74) is 7.03. The number of nitrogens with zero attached hydrogens (tertiary/aromatic N) is 2. The molecule has 0 heterocycles. The van der Waals surface area contributed by atoms with Crippen molar-refractivity contribution < 1.29 is 0 Å². The minimum atomic E-state index is 0. The lowest BCUT2D eigenvalue weighted by Crippen LogP contribution is -2.43. The molecule has 1 rings (SSSR count). The molecule has 0 spiro atoms. The largest absolute Gasteiger partial charge is 0.370 e. The number of rotatable bonds is 6. The van der Waals surface area contributed by atoms with Crippen LogP contribution in [-0.2, 0) is 0 Å². The summed E-state index contributed by atoms with van der Waals surface area (Å²) in [5, 5.41) is 3.17. The fourth-order valence-corrected chi connectivity index (χ4v) is 1.64. The highest BCUT2D eigenvalue weighted by Crippen LogP contribution is 2.13. The number of guanidine groups is 1. The predicted octanol–water partition coefficient (Wildman–Crippen LogP) is 2.69. The van der Waals surface area contributed by atoms with Gasteiger partial charge in [0, 0.05) is 31.9 Å². The van der Waals surface area contributed by atoms with E-state index in [9.17, 15) is 0 Å². The van der Waals surface area contributed by atoms with E-state index in [4.69, 9.17) is 5.73 Å². The van der Waals surface area contributed by atoms with Crippen LogP contribution in [0.25, 0.3) is 0 Å². The van der Waals surface area contributed by atoms with Gasteiger partial charge in [-0.15, -0.1) is 24.0 Å². The van der Waals surface area contributed by atoms with Gasteiger partial charge in [0.1, 0.15) is 0 Å². The minimum absolute atomic E-state index is 0. The summed E-state index contributed by atoms with van der Waals surface area (Å²) in [6.07, 6.45) is 0. The maximum absolute atomic E-state index is 5.83. The quantitative estimate of drug-likeness (QED) is 0.446. The smallest absolute Gasteiger partial charge is 0.188 e. The lowest BCUT2D eigenvalue weighted by Gasteiger charge is -2.27.